The van der Waals surface area contributed by atoms with Gasteiger partial charge in [0.15, 0.2) is 16.4 Å². The number of carbonyl (C=O) groups excluding carboxylic acids is 3. The molecule has 2 aliphatic rings. The van der Waals surface area contributed by atoms with Crippen LogP contribution in [0.1, 0.15) is 29.6 Å². The quantitative estimate of drug-likeness (QED) is 0.735. The van der Waals surface area contributed by atoms with E-state index in [1.165, 1.54) is 0 Å². The van der Waals surface area contributed by atoms with E-state index in [4.69, 9.17) is 4.74 Å². The summed E-state index contributed by atoms with van der Waals surface area (Å²) in [5, 5.41) is 2.55. The van der Waals surface area contributed by atoms with Crippen LogP contribution in [0.3, 0.4) is 0 Å². The van der Waals surface area contributed by atoms with Crippen LogP contribution in [0.25, 0.3) is 0 Å². The highest BCUT2D eigenvalue weighted by molar-refractivity contribution is 7.91. The van der Waals surface area contributed by atoms with E-state index < -0.39 is 34.4 Å². The van der Waals surface area contributed by atoms with E-state index in [1.807, 2.05) is 0 Å². The van der Waals surface area contributed by atoms with E-state index in [1.54, 1.807) is 29.2 Å². The van der Waals surface area contributed by atoms with Crippen molar-refractivity contribution in [3.8, 4) is 0 Å². The average molecular weight is 380 g/mol. The zero-order valence-electron chi connectivity index (χ0n) is 14.1. The van der Waals surface area contributed by atoms with Gasteiger partial charge in [0.2, 0.25) is 5.91 Å². The number of nitrogens with one attached hydrogen (secondary N) is 1. The summed E-state index contributed by atoms with van der Waals surface area (Å²) in [5.74, 6) is -1.14. The van der Waals surface area contributed by atoms with Crippen molar-refractivity contribution in [1.29, 1.82) is 0 Å². The van der Waals surface area contributed by atoms with E-state index in [0.717, 1.165) is 12.1 Å². The number of hydrogen-bond donors (Lipinski definition) is 1. The molecule has 2 amide bonds. The van der Waals surface area contributed by atoms with Crippen LogP contribution in [0.2, 0.25) is 0 Å². The molecule has 0 unspecified atom stereocenters. The Balaban J connectivity index is 1.48. The minimum atomic E-state index is -3.08. The summed E-state index contributed by atoms with van der Waals surface area (Å²) in [6.07, 6.45) is 1.72. The first kappa shape index (κ1) is 18.4. The fourth-order valence-electron chi connectivity index (χ4n) is 3.09. The van der Waals surface area contributed by atoms with Crippen LogP contribution in [0.15, 0.2) is 24.3 Å². The molecule has 0 aliphatic carbocycles. The van der Waals surface area contributed by atoms with Gasteiger partial charge in [-0.1, -0.05) is 0 Å². The maximum Gasteiger partial charge on any atom is 0.338 e. The number of benzene rings is 1. The highest BCUT2D eigenvalue weighted by atomic mass is 32.2. The van der Waals surface area contributed by atoms with Crippen molar-refractivity contribution < 1.29 is 27.5 Å². The monoisotopic (exact) mass is 380 g/mol. The van der Waals surface area contributed by atoms with Crippen molar-refractivity contribution in [1.82, 2.24) is 5.32 Å². The molecule has 8 nitrogen and oxygen atoms in total. The van der Waals surface area contributed by atoms with Crippen LogP contribution < -0.4 is 10.2 Å². The number of hydrogen-bond acceptors (Lipinski definition) is 6. The minimum absolute atomic E-state index is 0.0591. The first-order valence-corrected chi connectivity index (χ1v) is 10.2. The van der Waals surface area contributed by atoms with E-state index in [9.17, 15) is 22.8 Å². The van der Waals surface area contributed by atoms with Gasteiger partial charge in [-0.25, -0.2) is 13.2 Å². The normalized spacial score (nSPS) is 21.6. The van der Waals surface area contributed by atoms with Crippen molar-refractivity contribution in [3.05, 3.63) is 29.8 Å². The zero-order chi connectivity index (χ0) is 18.7. The summed E-state index contributed by atoms with van der Waals surface area (Å²) in [5.41, 5.74) is 1.00. The van der Waals surface area contributed by atoms with E-state index >= 15 is 0 Å². The number of nitrogens with zero attached hydrogens (tertiary/aromatic N) is 1. The molecule has 3 rings (SSSR count). The van der Waals surface area contributed by atoms with Crippen LogP contribution in [0, 0.1) is 0 Å². The smallest absolute Gasteiger partial charge is 0.338 e. The maximum atomic E-state index is 12.0. The molecule has 2 heterocycles. The van der Waals surface area contributed by atoms with E-state index in [-0.39, 0.29) is 23.0 Å². The highest BCUT2D eigenvalue weighted by Crippen LogP contribution is 2.21. The number of esters is 1. The topological polar surface area (TPSA) is 110 Å². The number of sulfone groups is 1. The van der Waals surface area contributed by atoms with Crippen molar-refractivity contribution >= 4 is 33.3 Å². The molecule has 1 atom stereocenters. The Morgan fingerprint density at radius 1 is 1.23 bits per heavy atom. The molecule has 140 valence electrons. The number of anilines is 1. The van der Waals surface area contributed by atoms with Gasteiger partial charge in [-0.05, 0) is 37.1 Å². The molecule has 0 spiro atoms. The second-order valence-electron chi connectivity index (χ2n) is 6.44. The predicted octanol–water partition coefficient (Wildman–Crippen LogP) is 0.274. The summed E-state index contributed by atoms with van der Waals surface area (Å²) in [4.78, 5) is 37.2. The second-order valence-corrected chi connectivity index (χ2v) is 8.67. The molecule has 0 bridgehead atoms. The molecule has 2 saturated heterocycles. The van der Waals surface area contributed by atoms with Crippen LogP contribution in [0.4, 0.5) is 5.69 Å². The molecule has 0 saturated carbocycles. The lowest BCUT2D eigenvalue weighted by molar-refractivity contribution is -0.124. The molecular formula is C17H20N2O6S. The van der Waals surface area contributed by atoms with E-state index in [2.05, 4.69) is 5.32 Å². The van der Waals surface area contributed by atoms with Crippen molar-refractivity contribution in [3.63, 3.8) is 0 Å². The third-order valence-electron chi connectivity index (χ3n) is 4.42. The number of amides is 2. The van der Waals surface area contributed by atoms with Crippen molar-refractivity contribution in [2.75, 3.05) is 29.6 Å². The fourth-order valence-corrected chi connectivity index (χ4v) is 4.76. The summed E-state index contributed by atoms with van der Waals surface area (Å²) in [6, 6.07) is 6.01. The lowest BCUT2D eigenvalue weighted by Gasteiger charge is -2.15. The lowest BCUT2D eigenvalue weighted by Crippen LogP contribution is -2.38. The first-order chi connectivity index (χ1) is 12.3. The zero-order valence-corrected chi connectivity index (χ0v) is 15.0. The minimum Gasteiger partial charge on any atom is -0.452 e. The molecule has 26 heavy (non-hydrogen) atoms. The molecule has 1 aromatic rings. The highest BCUT2D eigenvalue weighted by Gasteiger charge is 2.29. The van der Waals surface area contributed by atoms with Gasteiger partial charge in [-0.15, -0.1) is 0 Å². The molecule has 2 fully saturated rings. The number of rotatable bonds is 5. The van der Waals surface area contributed by atoms with Crippen molar-refractivity contribution in [2.24, 2.45) is 0 Å². The molecule has 2 aliphatic heterocycles. The second kappa shape index (κ2) is 7.45. The molecule has 1 N–H and O–H groups in total. The third-order valence-corrected chi connectivity index (χ3v) is 6.19. The Labute approximate surface area is 151 Å². The first-order valence-electron chi connectivity index (χ1n) is 8.41. The van der Waals surface area contributed by atoms with Gasteiger partial charge in [0, 0.05) is 24.7 Å². The van der Waals surface area contributed by atoms with Gasteiger partial charge in [0.1, 0.15) is 0 Å². The van der Waals surface area contributed by atoms with Gasteiger partial charge in [-0.2, -0.15) is 0 Å². The Morgan fingerprint density at radius 3 is 2.54 bits per heavy atom. The predicted molar refractivity (Wildman–Crippen MR) is 93.5 cm³/mol. The molecular weight excluding hydrogens is 360 g/mol. The standard InChI is InChI=1S/C17H20N2O6S/c20-15(18-13-7-9-26(23,24)11-13)10-25-17(22)12-3-5-14(6-4-12)19-8-1-2-16(19)21/h3-6,13H,1-2,7-11H2,(H,18,20)/t13-/m0/s1. The molecule has 1 aromatic carbocycles. The van der Waals surface area contributed by atoms with Gasteiger partial charge < -0.3 is 15.0 Å². The number of ether oxygens (including phenoxy) is 1. The Kier molecular flexibility index (Phi) is 5.26. The van der Waals surface area contributed by atoms with Crippen LogP contribution in [-0.4, -0.2) is 56.9 Å². The third kappa shape index (κ3) is 4.40. The van der Waals surface area contributed by atoms with Gasteiger partial charge >= 0.3 is 5.97 Å². The average Bonchev–Trinajstić information content (AvgIpc) is 3.18. The maximum absolute atomic E-state index is 12.0. The summed E-state index contributed by atoms with van der Waals surface area (Å²) in [6.45, 7) is 0.196. The molecule has 0 radical (unpaired) electrons. The van der Waals surface area contributed by atoms with E-state index in [0.29, 0.717) is 19.4 Å². The lowest BCUT2D eigenvalue weighted by atomic mass is 10.2. The summed E-state index contributed by atoms with van der Waals surface area (Å²) < 4.78 is 27.7. The SMILES string of the molecule is O=C(COC(=O)c1ccc(N2CCCC2=O)cc1)N[C@H]1CCS(=O)(=O)C1. The Morgan fingerprint density at radius 2 is 1.96 bits per heavy atom. The molecule has 9 heteroatoms. The van der Waals surface area contributed by atoms with Crippen molar-refractivity contribution in [2.45, 2.75) is 25.3 Å². The van der Waals surface area contributed by atoms with Crippen LogP contribution in [0.5, 0.6) is 0 Å². The van der Waals surface area contributed by atoms with Gasteiger partial charge in [-0.3, -0.25) is 9.59 Å². The number of carbonyl (C=O) groups is 3. The van der Waals surface area contributed by atoms with Gasteiger partial charge in [0.05, 0.1) is 17.1 Å². The largest absolute Gasteiger partial charge is 0.452 e. The summed E-state index contributed by atoms with van der Waals surface area (Å²) >= 11 is 0. The fraction of sp³-hybridized carbons (Fsp3) is 0.471. The Bertz CT molecular complexity index is 818. The Hall–Kier alpha value is -2.42. The van der Waals surface area contributed by atoms with Crippen LogP contribution in [-0.2, 0) is 24.2 Å². The van der Waals surface area contributed by atoms with Crippen LogP contribution >= 0.6 is 0 Å². The molecule has 0 aromatic heterocycles. The summed E-state index contributed by atoms with van der Waals surface area (Å²) in [7, 11) is -3.08. The van der Waals surface area contributed by atoms with Gasteiger partial charge in [0.25, 0.3) is 5.91 Å².